The van der Waals surface area contributed by atoms with Gasteiger partial charge in [-0.25, -0.2) is 4.79 Å². The molecule has 1 saturated heterocycles. The number of rotatable bonds is 15. The van der Waals surface area contributed by atoms with Gasteiger partial charge in [-0.15, -0.1) is 6.58 Å². The number of nitrogens with zero attached hydrogens (tertiary/aromatic N) is 2. The van der Waals surface area contributed by atoms with E-state index in [9.17, 15) is 33.6 Å². The summed E-state index contributed by atoms with van der Waals surface area (Å²) in [5.41, 5.74) is 1.94. The lowest BCUT2D eigenvalue weighted by atomic mass is 9.93. The van der Waals surface area contributed by atoms with E-state index in [1.54, 1.807) is 55.4 Å². The molecule has 14 nitrogen and oxygen atoms in total. The molecule has 2 aliphatic carbocycles. The fourth-order valence-corrected chi connectivity index (χ4v) is 8.34. The van der Waals surface area contributed by atoms with E-state index >= 15 is 0 Å². The molecular weight excluding hydrogens is 727 g/mol. The van der Waals surface area contributed by atoms with Crippen LogP contribution in [0.1, 0.15) is 70.2 Å². The molecule has 7 amide bonds. The molecule has 5 rings (SSSR count). The number of hydrogen-bond acceptors (Lipinski definition) is 7. The van der Waals surface area contributed by atoms with Gasteiger partial charge >= 0.3 is 6.03 Å². The van der Waals surface area contributed by atoms with E-state index < -0.39 is 65.8 Å². The highest BCUT2D eigenvalue weighted by atomic mass is 16.2. The Morgan fingerprint density at radius 2 is 1.53 bits per heavy atom. The number of urea groups is 1. The molecule has 2 aromatic rings. The van der Waals surface area contributed by atoms with Gasteiger partial charge in [-0.1, -0.05) is 74.5 Å². The zero-order chi connectivity index (χ0) is 41.8. The van der Waals surface area contributed by atoms with Crippen molar-refractivity contribution in [1.82, 2.24) is 36.4 Å². The maximum atomic E-state index is 14.7. The van der Waals surface area contributed by atoms with Crippen LogP contribution in [0.2, 0.25) is 0 Å². The SMILES string of the molecule is C=CCCC(NC(=O)[C@@H]1[C@H]2[C@@H](CN1C(=O)[C@@H](NC(=O)NC(C)(C)C)C1Cc3ccccc3C1)C2(C)C)C(=O)C(=O)NCC(=O)N[C@H](C(=O)N(C)C)c1ccccc1. The van der Waals surface area contributed by atoms with Crippen molar-refractivity contribution in [2.24, 2.45) is 23.2 Å². The molecule has 5 N–H and O–H groups in total. The molecule has 0 radical (unpaired) electrons. The van der Waals surface area contributed by atoms with Gasteiger partial charge in [0.05, 0.1) is 12.6 Å². The molecule has 1 heterocycles. The summed E-state index contributed by atoms with van der Waals surface area (Å²) in [5.74, 6) is -4.52. The molecule has 1 saturated carbocycles. The topological polar surface area (TPSA) is 186 Å². The van der Waals surface area contributed by atoms with Crippen molar-refractivity contribution in [3.63, 3.8) is 0 Å². The zero-order valence-electron chi connectivity index (χ0n) is 34.0. The molecule has 57 heavy (non-hydrogen) atoms. The number of carbonyl (C=O) groups excluding carboxylic acids is 7. The van der Waals surface area contributed by atoms with Gasteiger partial charge in [0.1, 0.15) is 18.1 Å². The summed E-state index contributed by atoms with van der Waals surface area (Å²) in [6, 6.07) is 11.9. The van der Waals surface area contributed by atoms with E-state index in [0.717, 1.165) is 11.1 Å². The van der Waals surface area contributed by atoms with Gasteiger partial charge < -0.3 is 36.4 Å². The second-order valence-corrected chi connectivity index (χ2v) is 17.3. The van der Waals surface area contributed by atoms with Crippen LogP contribution in [0, 0.1) is 23.2 Å². The van der Waals surface area contributed by atoms with E-state index in [0.29, 0.717) is 24.9 Å². The first-order valence-corrected chi connectivity index (χ1v) is 19.6. The van der Waals surface area contributed by atoms with Crippen molar-refractivity contribution in [2.75, 3.05) is 27.2 Å². The second-order valence-electron chi connectivity index (χ2n) is 17.3. The summed E-state index contributed by atoms with van der Waals surface area (Å²) in [6.07, 6.45) is 3.06. The number of likely N-dealkylation sites (tertiary alicyclic amines) is 1. The van der Waals surface area contributed by atoms with Crippen molar-refractivity contribution < 1.29 is 33.6 Å². The summed E-state index contributed by atoms with van der Waals surface area (Å²) in [7, 11) is 3.12. The minimum atomic E-state index is -1.28. The van der Waals surface area contributed by atoms with Crippen LogP contribution < -0.4 is 26.6 Å². The quantitative estimate of drug-likeness (QED) is 0.136. The van der Waals surface area contributed by atoms with Crippen LogP contribution in [0.25, 0.3) is 0 Å². The number of allylic oxidation sites excluding steroid dienone is 1. The van der Waals surface area contributed by atoms with Gasteiger partial charge in [0, 0.05) is 26.2 Å². The van der Waals surface area contributed by atoms with Crippen LogP contribution in [0.5, 0.6) is 0 Å². The Hall–Kier alpha value is -5.53. The van der Waals surface area contributed by atoms with E-state index in [1.807, 2.05) is 58.9 Å². The number of likely N-dealkylation sites (N-methyl/N-ethyl adjacent to an activating group) is 1. The smallest absolute Gasteiger partial charge is 0.315 e. The molecule has 3 aliphatic rings. The van der Waals surface area contributed by atoms with E-state index in [2.05, 4.69) is 33.2 Å². The number of Topliss-reactive ketones (excluding diaryl/α,β-unsaturated/α-hetero) is 1. The third-order valence-corrected chi connectivity index (χ3v) is 11.4. The van der Waals surface area contributed by atoms with Crippen molar-refractivity contribution in [1.29, 1.82) is 0 Å². The summed E-state index contributed by atoms with van der Waals surface area (Å²) in [6.45, 7) is 13.0. The fourth-order valence-electron chi connectivity index (χ4n) is 8.34. The maximum Gasteiger partial charge on any atom is 0.315 e. The Bertz CT molecular complexity index is 1860. The Kier molecular flexibility index (Phi) is 12.9. The lowest BCUT2D eigenvalue weighted by Crippen LogP contribution is -2.61. The third kappa shape index (κ3) is 9.89. The Morgan fingerprint density at radius 3 is 2.11 bits per heavy atom. The molecule has 14 heteroatoms. The van der Waals surface area contributed by atoms with Crippen molar-refractivity contribution >= 4 is 41.4 Å². The average molecular weight is 784 g/mol. The Morgan fingerprint density at radius 1 is 0.912 bits per heavy atom. The number of piperidine rings is 1. The van der Waals surface area contributed by atoms with Gasteiger partial charge in [-0.2, -0.15) is 0 Å². The first kappa shape index (κ1) is 42.6. The molecule has 0 spiro atoms. The minimum Gasteiger partial charge on any atom is -0.347 e. The number of nitrogens with one attached hydrogen (secondary N) is 5. The molecule has 1 unspecified atom stereocenters. The normalized spacial score (nSPS) is 20.8. The van der Waals surface area contributed by atoms with Gasteiger partial charge in [-0.05, 0) is 86.3 Å². The highest BCUT2D eigenvalue weighted by Gasteiger charge is 2.69. The predicted octanol–water partition coefficient (Wildman–Crippen LogP) is 2.43. The Balaban J connectivity index is 1.30. The summed E-state index contributed by atoms with van der Waals surface area (Å²) < 4.78 is 0. The molecule has 0 aromatic heterocycles. The van der Waals surface area contributed by atoms with Crippen molar-refractivity contribution in [3.8, 4) is 0 Å². The monoisotopic (exact) mass is 783 g/mol. The predicted molar refractivity (Wildman–Crippen MR) is 214 cm³/mol. The molecule has 1 aliphatic heterocycles. The Labute approximate surface area is 334 Å². The molecule has 0 bridgehead atoms. The van der Waals surface area contributed by atoms with Crippen LogP contribution in [0.15, 0.2) is 67.3 Å². The van der Waals surface area contributed by atoms with Crippen LogP contribution in [0.3, 0.4) is 0 Å². The van der Waals surface area contributed by atoms with E-state index in [1.165, 1.54) is 4.90 Å². The fraction of sp³-hybridized carbons (Fsp3) is 0.512. The highest BCUT2D eigenvalue weighted by molar-refractivity contribution is 6.38. The van der Waals surface area contributed by atoms with Crippen molar-refractivity contribution in [2.45, 2.75) is 90.0 Å². The van der Waals surface area contributed by atoms with E-state index in [4.69, 9.17) is 0 Å². The van der Waals surface area contributed by atoms with Crippen LogP contribution in [-0.4, -0.2) is 102 Å². The van der Waals surface area contributed by atoms with Gasteiger partial charge in [-0.3, -0.25) is 28.8 Å². The number of ketones is 1. The highest BCUT2D eigenvalue weighted by Crippen LogP contribution is 2.65. The lowest BCUT2D eigenvalue weighted by molar-refractivity contribution is -0.144. The minimum absolute atomic E-state index is 0.0188. The van der Waals surface area contributed by atoms with Crippen LogP contribution >= 0.6 is 0 Å². The molecular formula is C43H57N7O7. The first-order chi connectivity index (χ1) is 26.8. The second kappa shape index (κ2) is 17.3. The first-order valence-electron chi connectivity index (χ1n) is 19.6. The van der Waals surface area contributed by atoms with E-state index in [-0.39, 0.29) is 47.8 Å². The average Bonchev–Trinajstić information content (AvgIpc) is 3.51. The lowest BCUT2D eigenvalue weighted by Gasteiger charge is -2.35. The molecule has 2 fully saturated rings. The number of fused-ring (bicyclic) bond motifs is 2. The van der Waals surface area contributed by atoms with Crippen LogP contribution in [-0.2, 0) is 41.6 Å². The summed E-state index contributed by atoms with van der Waals surface area (Å²) in [4.78, 5) is 97.9. The van der Waals surface area contributed by atoms with Gasteiger partial charge in [0.2, 0.25) is 29.4 Å². The number of amides is 7. The molecule has 2 aromatic carbocycles. The molecule has 6 atom stereocenters. The third-order valence-electron chi connectivity index (χ3n) is 11.4. The number of hydrogen-bond donors (Lipinski definition) is 5. The van der Waals surface area contributed by atoms with Crippen molar-refractivity contribution in [3.05, 3.63) is 83.9 Å². The number of benzene rings is 2. The largest absolute Gasteiger partial charge is 0.347 e. The standard InChI is InChI=1S/C43H57N7O7/c1-9-10-20-30(36(52)38(54)44-23-31(51)46-33(39(55)49(7)8)25-16-12-11-13-17-25)45-37(53)35-32-29(43(32,5)6)24-50(35)40(56)34(47-41(57)48-42(2,3)4)28-21-26-18-14-15-19-27(26)22-28/h9,11-19,28-30,32-35H,1,10,20-24H2,2-8H3,(H,44,54)(H,45,53)(H,46,51)(H2,47,48,57)/t29-,30?,32-,33+,34+,35+/m1/s1. The summed E-state index contributed by atoms with van der Waals surface area (Å²) >= 11 is 0. The maximum absolute atomic E-state index is 14.7. The van der Waals surface area contributed by atoms with Crippen LogP contribution in [0.4, 0.5) is 4.79 Å². The molecule has 306 valence electrons. The zero-order valence-corrected chi connectivity index (χ0v) is 34.0. The van der Waals surface area contributed by atoms with Gasteiger partial charge in [0.15, 0.2) is 0 Å². The number of carbonyl (C=O) groups is 7. The van der Waals surface area contributed by atoms with Gasteiger partial charge in [0.25, 0.3) is 5.91 Å². The summed E-state index contributed by atoms with van der Waals surface area (Å²) in [5, 5.41) is 13.6.